The molecule has 0 saturated heterocycles. The van der Waals surface area contributed by atoms with E-state index in [0.717, 1.165) is 5.56 Å². The Morgan fingerprint density at radius 3 is 2.42 bits per heavy atom. The number of aliphatic carboxylic acids is 1. The van der Waals surface area contributed by atoms with Crippen LogP contribution < -0.4 is 5.32 Å². The molecule has 102 valence electrons. The number of carboxylic acid groups (broad SMARTS) is 1. The van der Waals surface area contributed by atoms with Gasteiger partial charge in [0.1, 0.15) is 12.6 Å². The first-order valence-corrected chi connectivity index (χ1v) is 5.75. The minimum Gasteiger partial charge on any atom is -0.480 e. The van der Waals surface area contributed by atoms with Gasteiger partial charge >= 0.3 is 12.1 Å². The summed E-state index contributed by atoms with van der Waals surface area (Å²) in [6.07, 6.45) is -1.42. The quantitative estimate of drug-likeness (QED) is 0.773. The van der Waals surface area contributed by atoms with Gasteiger partial charge in [0.2, 0.25) is 5.24 Å². The van der Waals surface area contributed by atoms with Crippen LogP contribution >= 0.6 is 11.6 Å². The lowest BCUT2D eigenvalue weighted by Crippen LogP contribution is -2.41. The molecule has 0 aliphatic rings. The summed E-state index contributed by atoms with van der Waals surface area (Å²) in [7, 11) is 0. The molecule has 0 radical (unpaired) electrons. The van der Waals surface area contributed by atoms with Gasteiger partial charge in [0.25, 0.3) is 0 Å². The second kappa shape index (κ2) is 7.38. The lowest BCUT2D eigenvalue weighted by atomic mass is 10.2. The molecule has 0 spiro atoms. The highest BCUT2D eigenvalue weighted by Crippen LogP contribution is 2.02. The zero-order valence-corrected chi connectivity index (χ0v) is 10.6. The largest absolute Gasteiger partial charge is 0.480 e. The van der Waals surface area contributed by atoms with E-state index >= 15 is 0 Å². The normalized spacial score (nSPS) is 11.4. The van der Waals surface area contributed by atoms with Gasteiger partial charge in [0, 0.05) is 0 Å². The lowest BCUT2D eigenvalue weighted by molar-refractivity contribution is -0.140. The molecule has 1 amide bonds. The monoisotopic (exact) mass is 285 g/mol. The average Bonchev–Trinajstić information content (AvgIpc) is 2.36. The van der Waals surface area contributed by atoms with Crippen molar-refractivity contribution in [1.82, 2.24) is 5.32 Å². The summed E-state index contributed by atoms with van der Waals surface area (Å²) >= 11 is 5.08. The van der Waals surface area contributed by atoms with Gasteiger partial charge in [-0.2, -0.15) is 0 Å². The van der Waals surface area contributed by atoms with E-state index in [0.29, 0.717) is 0 Å². The van der Waals surface area contributed by atoms with E-state index in [1.807, 2.05) is 6.07 Å². The van der Waals surface area contributed by atoms with Crippen molar-refractivity contribution in [1.29, 1.82) is 0 Å². The predicted molar refractivity (Wildman–Crippen MR) is 66.7 cm³/mol. The van der Waals surface area contributed by atoms with Crippen molar-refractivity contribution in [3.05, 3.63) is 35.9 Å². The van der Waals surface area contributed by atoms with Gasteiger partial charge in [0.15, 0.2) is 0 Å². The molecule has 1 unspecified atom stereocenters. The van der Waals surface area contributed by atoms with E-state index in [2.05, 4.69) is 5.32 Å². The number of hydrogen-bond acceptors (Lipinski definition) is 4. The average molecular weight is 286 g/mol. The molecule has 0 fully saturated rings. The Morgan fingerprint density at radius 1 is 1.26 bits per heavy atom. The number of carbonyl (C=O) groups is 3. The van der Waals surface area contributed by atoms with Crippen LogP contribution in [0.15, 0.2) is 30.3 Å². The number of carbonyl (C=O) groups excluding carboxylic acids is 2. The summed E-state index contributed by atoms with van der Waals surface area (Å²) < 4.78 is 4.82. The smallest absolute Gasteiger partial charge is 0.408 e. The number of carboxylic acids is 1. The molecule has 1 rings (SSSR count). The molecule has 6 nitrogen and oxygen atoms in total. The van der Waals surface area contributed by atoms with E-state index in [1.54, 1.807) is 24.3 Å². The van der Waals surface area contributed by atoms with Crippen LogP contribution in [0.4, 0.5) is 4.79 Å². The summed E-state index contributed by atoms with van der Waals surface area (Å²) in [5.74, 6) is -1.36. The van der Waals surface area contributed by atoms with Gasteiger partial charge in [-0.1, -0.05) is 30.3 Å². The van der Waals surface area contributed by atoms with Crippen molar-refractivity contribution in [2.75, 3.05) is 0 Å². The van der Waals surface area contributed by atoms with Gasteiger partial charge < -0.3 is 15.2 Å². The van der Waals surface area contributed by atoms with Crippen LogP contribution in [0, 0.1) is 0 Å². The van der Waals surface area contributed by atoms with Gasteiger partial charge in [-0.05, 0) is 17.2 Å². The Kier molecular flexibility index (Phi) is 5.81. The van der Waals surface area contributed by atoms with Crippen molar-refractivity contribution >= 4 is 28.9 Å². The molecule has 19 heavy (non-hydrogen) atoms. The molecule has 0 saturated carbocycles. The third-order valence-electron chi connectivity index (χ3n) is 2.17. The molecule has 0 aromatic heterocycles. The van der Waals surface area contributed by atoms with E-state index in [9.17, 15) is 14.4 Å². The highest BCUT2D eigenvalue weighted by molar-refractivity contribution is 6.63. The van der Waals surface area contributed by atoms with E-state index < -0.39 is 29.8 Å². The van der Waals surface area contributed by atoms with Crippen molar-refractivity contribution < 1.29 is 24.2 Å². The van der Waals surface area contributed by atoms with Gasteiger partial charge in [0.05, 0.1) is 6.42 Å². The van der Waals surface area contributed by atoms with Crippen molar-refractivity contribution in [2.24, 2.45) is 0 Å². The Morgan fingerprint density at radius 2 is 1.89 bits per heavy atom. The van der Waals surface area contributed by atoms with Crippen molar-refractivity contribution in [2.45, 2.75) is 19.1 Å². The van der Waals surface area contributed by atoms with Crippen molar-refractivity contribution in [3.8, 4) is 0 Å². The number of halogens is 1. The lowest BCUT2D eigenvalue weighted by Gasteiger charge is -2.12. The maximum absolute atomic E-state index is 11.4. The Bertz CT molecular complexity index is 462. The van der Waals surface area contributed by atoms with Crippen LogP contribution in [0.3, 0.4) is 0 Å². The first kappa shape index (κ1) is 15.0. The van der Waals surface area contributed by atoms with E-state index in [-0.39, 0.29) is 6.61 Å². The third-order valence-corrected chi connectivity index (χ3v) is 2.32. The second-order valence-electron chi connectivity index (χ2n) is 3.66. The zero-order chi connectivity index (χ0) is 14.3. The number of benzene rings is 1. The first-order valence-electron chi connectivity index (χ1n) is 5.37. The molecule has 0 bridgehead atoms. The molecule has 1 aromatic rings. The van der Waals surface area contributed by atoms with Crippen LogP contribution in [0.2, 0.25) is 0 Å². The molecular weight excluding hydrogens is 274 g/mol. The highest BCUT2D eigenvalue weighted by Gasteiger charge is 2.23. The fourth-order valence-corrected chi connectivity index (χ4v) is 1.42. The fourth-order valence-electron chi connectivity index (χ4n) is 1.27. The predicted octanol–water partition coefficient (Wildman–Crippen LogP) is 1.52. The first-order chi connectivity index (χ1) is 8.99. The van der Waals surface area contributed by atoms with E-state index in [1.165, 1.54) is 0 Å². The van der Waals surface area contributed by atoms with Crippen LogP contribution in [0.1, 0.15) is 12.0 Å². The minimum absolute atomic E-state index is 0.00777. The van der Waals surface area contributed by atoms with Crippen LogP contribution in [0.5, 0.6) is 0 Å². The minimum atomic E-state index is -1.40. The van der Waals surface area contributed by atoms with Crippen molar-refractivity contribution in [3.63, 3.8) is 0 Å². The SMILES string of the molecule is O=C(Cl)CC(NC(=O)OCc1ccccc1)C(=O)O. The fraction of sp³-hybridized carbons (Fsp3) is 0.250. The van der Waals surface area contributed by atoms with Gasteiger partial charge in [-0.3, -0.25) is 4.79 Å². The molecular formula is C12H12ClNO5. The molecule has 0 aliphatic heterocycles. The number of alkyl carbamates (subject to hydrolysis) is 1. The third kappa shape index (κ3) is 5.87. The molecule has 1 atom stereocenters. The summed E-state index contributed by atoms with van der Waals surface area (Å²) in [5.41, 5.74) is 0.762. The summed E-state index contributed by atoms with van der Waals surface area (Å²) in [6, 6.07) is 7.49. The molecule has 2 N–H and O–H groups in total. The molecule has 0 aliphatic carbocycles. The van der Waals surface area contributed by atoms with Crippen LogP contribution in [-0.4, -0.2) is 28.5 Å². The maximum Gasteiger partial charge on any atom is 0.408 e. The molecule has 0 heterocycles. The number of nitrogens with one attached hydrogen (secondary N) is 1. The molecule has 7 heteroatoms. The summed E-state index contributed by atoms with van der Waals surface area (Å²) in [5, 5.41) is 9.98. The topological polar surface area (TPSA) is 92.7 Å². The van der Waals surface area contributed by atoms with E-state index in [4.69, 9.17) is 21.4 Å². The standard InChI is InChI=1S/C12H12ClNO5/c13-10(15)6-9(11(16)17)14-12(18)19-7-8-4-2-1-3-5-8/h1-5,9H,6-7H2,(H,14,18)(H,16,17). The van der Waals surface area contributed by atoms with Gasteiger partial charge in [-0.25, -0.2) is 9.59 Å². The number of amides is 1. The van der Waals surface area contributed by atoms with Gasteiger partial charge in [-0.15, -0.1) is 0 Å². The highest BCUT2D eigenvalue weighted by atomic mass is 35.5. The summed E-state index contributed by atoms with van der Waals surface area (Å²) in [6.45, 7) is 0.00777. The van der Waals surface area contributed by atoms with Crippen LogP contribution in [0.25, 0.3) is 0 Å². The zero-order valence-electron chi connectivity index (χ0n) is 9.84. The number of ether oxygens (including phenoxy) is 1. The Hall–Kier alpha value is -2.08. The maximum atomic E-state index is 11.4. The number of rotatable bonds is 6. The summed E-state index contributed by atoms with van der Waals surface area (Å²) in [4.78, 5) is 32.8. The Labute approximate surface area is 114 Å². The number of hydrogen-bond donors (Lipinski definition) is 2. The van der Waals surface area contributed by atoms with Crippen LogP contribution in [-0.2, 0) is 20.9 Å². The molecule has 1 aromatic carbocycles. The second-order valence-corrected chi connectivity index (χ2v) is 4.08. The Balaban J connectivity index is 2.45.